The average molecular weight is 417 g/mol. The summed E-state index contributed by atoms with van der Waals surface area (Å²) in [6.45, 7) is 3.48. The van der Waals surface area contributed by atoms with Crippen LogP contribution in [0.15, 0.2) is 29.2 Å². The van der Waals surface area contributed by atoms with Crippen LogP contribution in [0.5, 0.6) is 0 Å². The number of urea groups is 1. The summed E-state index contributed by atoms with van der Waals surface area (Å²) in [5.41, 5.74) is 1.30. The molecule has 1 unspecified atom stereocenters. The Balaban J connectivity index is 2.14. The first-order valence-electron chi connectivity index (χ1n) is 6.42. The van der Waals surface area contributed by atoms with Crippen LogP contribution in [-0.2, 0) is 10.0 Å². The smallest absolute Gasteiger partial charge is 0.275 e. The molecule has 10 heteroatoms. The zero-order valence-electron chi connectivity index (χ0n) is 12.2. The van der Waals surface area contributed by atoms with Crippen molar-refractivity contribution in [2.24, 2.45) is 0 Å². The van der Waals surface area contributed by atoms with Crippen LogP contribution in [0.3, 0.4) is 0 Å². The molecule has 0 radical (unpaired) electrons. The second-order valence-electron chi connectivity index (χ2n) is 4.72. The molecule has 1 aliphatic carbocycles. The molecular formula is C13H13BrN4O3S2. The number of anilines is 1. The molecule has 7 nitrogen and oxygen atoms in total. The molecule has 0 spiro atoms. The van der Waals surface area contributed by atoms with Crippen molar-refractivity contribution in [3.05, 3.63) is 40.6 Å². The van der Waals surface area contributed by atoms with Gasteiger partial charge in [0.2, 0.25) is 5.95 Å². The van der Waals surface area contributed by atoms with Crippen molar-refractivity contribution in [3.63, 3.8) is 0 Å². The lowest BCUT2D eigenvalue weighted by Crippen LogP contribution is -2.38. The Hall–Kier alpha value is -1.65. The number of allylic oxidation sites excluding steroid dienone is 4. The lowest BCUT2D eigenvalue weighted by atomic mass is 10.2. The van der Waals surface area contributed by atoms with Gasteiger partial charge in [0.25, 0.3) is 10.0 Å². The largest absolute Gasteiger partial charge is 0.335 e. The van der Waals surface area contributed by atoms with Gasteiger partial charge in [-0.3, -0.25) is 5.32 Å². The summed E-state index contributed by atoms with van der Waals surface area (Å²) < 4.78 is 26.4. The Morgan fingerprint density at radius 1 is 1.30 bits per heavy atom. The zero-order chi connectivity index (χ0) is 17.2. The molecule has 0 saturated heterocycles. The van der Waals surface area contributed by atoms with Crippen LogP contribution in [0.4, 0.5) is 10.7 Å². The lowest BCUT2D eigenvalue weighted by Gasteiger charge is -2.16. The molecule has 2 rings (SSSR count). The molecule has 122 valence electrons. The van der Waals surface area contributed by atoms with Crippen molar-refractivity contribution in [1.29, 1.82) is 0 Å². The van der Waals surface area contributed by atoms with Gasteiger partial charge in [-0.25, -0.2) is 27.9 Å². The summed E-state index contributed by atoms with van der Waals surface area (Å²) in [6.07, 6.45) is 4.59. The standard InChI is InChI=1S/C13H13BrN4O3S2/c1-7-6-8(2)16-12(15-7)17-13(19)18-23(20,21)10-5-3-4-9(14)11(10)22/h3-6,9H,1-2H3,(H2,15,16,17,18,19). The molecule has 1 aliphatic rings. The maximum Gasteiger partial charge on any atom is 0.335 e. The number of hydrogen-bond donors (Lipinski definition) is 2. The molecule has 0 saturated carbocycles. The third-order valence-corrected chi connectivity index (χ3v) is 5.80. The third kappa shape index (κ3) is 4.43. The molecule has 2 N–H and O–H groups in total. The molecule has 0 aromatic carbocycles. The van der Waals surface area contributed by atoms with E-state index in [2.05, 4.69) is 31.2 Å². The molecule has 0 aliphatic heterocycles. The van der Waals surface area contributed by atoms with E-state index < -0.39 is 16.1 Å². The fourth-order valence-electron chi connectivity index (χ4n) is 1.85. The summed E-state index contributed by atoms with van der Waals surface area (Å²) in [5.74, 6) is 0.0219. The highest BCUT2D eigenvalue weighted by molar-refractivity contribution is 9.10. The molecule has 2 amide bonds. The first-order chi connectivity index (χ1) is 10.7. The van der Waals surface area contributed by atoms with Gasteiger partial charge in [0.05, 0.1) is 9.69 Å². The molecule has 1 aromatic rings. The highest BCUT2D eigenvalue weighted by Crippen LogP contribution is 2.21. The van der Waals surface area contributed by atoms with Crippen molar-refractivity contribution in [3.8, 4) is 0 Å². The molecular weight excluding hydrogens is 404 g/mol. The number of alkyl halides is 1. The number of aromatic nitrogens is 2. The number of aryl methyl sites for hydroxylation is 2. The number of nitrogens with one attached hydrogen (secondary N) is 2. The van der Waals surface area contributed by atoms with Crippen LogP contribution >= 0.6 is 28.1 Å². The van der Waals surface area contributed by atoms with E-state index in [1.807, 2.05) is 4.72 Å². The zero-order valence-corrected chi connectivity index (χ0v) is 15.4. The third-order valence-electron chi connectivity index (χ3n) is 2.75. The van der Waals surface area contributed by atoms with Gasteiger partial charge in [0.1, 0.15) is 4.91 Å². The maximum absolute atomic E-state index is 12.3. The minimum atomic E-state index is -4.08. The van der Waals surface area contributed by atoms with Gasteiger partial charge >= 0.3 is 6.03 Å². The van der Waals surface area contributed by atoms with E-state index in [1.165, 1.54) is 6.08 Å². The van der Waals surface area contributed by atoms with Crippen LogP contribution in [0.2, 0.25) is 0 Å². The van der Waals surface area contributed by atoms with Crippen LogP contribution in [0.1, 0.15) is 11.4 Å². The summed E-state index contributed by atoms with van der Waals surface area (Å²) in [5, 5.41) is 2.29. The molecule has 0 fully saturated rings. The van der Waals surface area contributed by atoms with Crippen LogP contribution < -0.4 is 10.0 Å². The van der Waals surface area contributed by atoms with E-state index in [1.54, 1.807) is 32.1 Å². The molecule has 1 heterocycles. The van der Waals surface area contributed by atoms with Crippen molar-refractivity contribution in [2.45, 2.75) is 18.7 Å². The Morgan fingerprint density at radius 3 is 2.52 bits per heavy atom. The molecule has 1 aromatic heterocycles. The van der Waals surface area contributed by atoms with Gasteiger partial charge < -0.3 is 0 Å². The fraction of sp³-hybridized carbons (Fsp3) is 0.231. The Kier molecular flexibility index (Phi) is 5.27. The van der Waals surface area contributed by atoms with Crippen LogP contribution in [-0.4, -0.2) is 34.1 Å². The second kappa shape index (κ2) is 6.85. The number of rotatable bonds is 3. The topological polar surface area (TPSA) is 101 Å². The van der Waals surface area contributed by atoms with Crippen molar-refractivity contribution >= 4 is 55.0 Å². The first-order valence-corrected chi connectivity index (χ1v) is 9.22. The number of thiocarbonyl (C=S) groups is 1. The number of halogens is 1. The molecule has 23 heavy (non-hydrogen) atoms. The second-order valence-corrected chi connectivity index (χ2v) is 7.79. The predicted molar refractivity (Wildman–Crippen MR) is 95.1 cm³/mol. The van der Waals surface area contributed by atoms with Gasteiger partial charge in [-0.1, -0.05) is 40.3 Å². The van der Waals surface area contributed by atoms with Gasteiger partial charge in [-0.2, -0.15) is 0 Å². The number of amides is 2. The molecule has 1 atom stereocenters. The minimum Gasteiger partial charge on any atom is -0.275 e. The van der Waals surface area contributed by atoms with E-state index in [4.69, 9.17) is 12.2 Å². The highest BCUT2D eigenvalue weighted by atomic mass is 79.9. The van der Waals surface area contributed by atoms with Gasteiger partial charge in [0.15, 0.2) is 0 Å². The van der Waals surface area contributed by atoms with E-state index in [9.17, 15) is 13.2 Å². The van der Waals surface area contributed by atoms with Crippen molar-refractivity contribution < 1.29 is 13.2 Å². The summed E-state index contributed by atoms with van der Waals surface area (Å²) in [7, 11) is -4.08. The number of sulfonamides is 1. The predicted octanol–water partition coefficient (Wildman–Crippen LogP) is 2.13. The normalized spacial score (nSPS) is 17.6. The SMILES string of the molecule is Cc1cc(C)nc(NC(=O)NS(=O)(=O)C2=CC=CC(Br)C2=S)n1. The van der Waals surface area contributed by atoms with E-state index >= 15 is 0 Å². The number of carbonyl (C=O) groups is 1. The van der Waals surface area contributed by atoms with E-state index in [-0.39, 0.29) is 20.5 Å². The summed E-state index contributed by atoms with van der Waals surface area (Å²) in [4.78, 5) is 19.6. The monoisotopic (exact) mass is 416 g/mol. The Labute approximate surface area is 147 Å². The highest BCUT2D eigenvalue weighted by Gasteiger charge is 2.28. The average Bonchev–Trinajstić information content (AvgIpc) is 2.39. The van der Waals surface area contributed by atoms with Crippen LogP contribution in [0.25, 0.3) is 0 Å². The number of hydrogen-bond acceptors (Lipinski definition) is 6. The summed E-state index contributed by atoms with van der Waals surface area (Å²) in [6, 6.07) is 0.771. The lowest BCUT2D eigenvalue weighted by molar-refractivity contribution is 0.256. The minimum absolute atomic E-state index is 0.0219. The van der Waals surface area contributed by atoms with E-state index in [0.717, 1.165) is 0 Å². The van der Waals surface area contributed by atoms with E-state index in [0.29, 0.717) is 11.4 Å². The van der Waals surface area contributed by atoms with Gasteiger partial charge in [-0.15, -0.1) is 0 Å². The number of nitrogens with zero attached hydrogens (tertiary/aromatic N) is 2. The Morgan fingerprint density at radius 2 is 1.91 bits per heavy atom. The van der Waals surface area contributed by atoms with Gasteiger partial charge in [0, 0.05) is 11.4 Å². The number of carbonyl (C=O) groups excluding carboxylic acids is 1. The van der Waals surface area contributed by atoms with Gasteiger partial charge in [-0.05, 0) is 26.0 Å². The Bertz CT molecular complexity index is 813. The fourth-order valence-corrected chi connectivity index (χ4v) is 3.96. The van der Waals surface area contributed by atoms with Crippen molar-refractivity contribution in [2.75, 3.05) is 5.32 Å². The molecule has 0 bridgehead atoms. The maximum atomic E-state index is 12.3. The van der Waals surface area contributed by atoms with Crippen molar-refractivity contribution in [1.82, 2.24) is 14.7 Å². The summed E-state index contributed by atoms with van der Waals surface area (Å²) >= 11 is 8.31. The quantitative estimate of drug-likeness (QED) is 0.577. The van der Waals surface area contributed by atoms with Crippen LogP contribution in [0, 0.1) is 13.8 Å². The first kappa shape index (κ1) is 17.7.